The Morgan fingerprint density at radius 1 is 0.957 bits per heavy atom. The van der Waals surface area contributed by atoms with Gasteiger partial charge in [-0.3, -0.25) is 0 Å². The minimum atomic E-state index is -0.457. The molecule has 1 saturated heterocycles. The highest BCUT2D eigenvalue weighted by Gasteiger charge is 2.68. The van der Waals surface area contributed by atoms with Gasteiger partial charge in [-0.2, -0.15) is 0 Å². The van der Waals surface area contributed by atoms with Crippen LogP contribution in [0, 0.1) is 22.7 Å². The maximum absolute atomic E-state index is 10.6. The lowest BCUT2D eigenvalue weighted by Crippen LogP contribution is -2.66. The molecule has 0 aromatic carbocycles. The summed E-state index contributed by atoms with van der Waals surface area (Å²) < 4.78 is 6.67. The zero-order valence-electron chi connectivity index (χ0n) is 15.1. The molecular formula is C19H34O4. The maximum atomic E-state index is 10.6. The molecule has 3 aliphatic rings. The number of hydrogen-bond donors (Lipinski definition) is 3. The summed E-state index contributed by atoms with van der Waals surface area (Å²) >= 11 is 0. The van der Waals surface area contributed by atoms with E-state index in [0.29, 0.717) is 5.92 Å². The van der Waals surface area contributed by atoms with E-state index in [1.807, 2.05) is 13.8 Å². The van der Waals surface area contributed by atoms with Gasteiger partial charge in [0.05, 0.1) is 30.5 Å². The van der Waals surface area contributed by atoms with E-state index >= 15 is 0 Å². The monoisotopic (exact) mass is 326 g/mol. The molecule has 3 rings (SSSR count). The van der Waals surface area contributed by atoms with Crippen LogP contribution in [-0.2, 0) is 4.74 Å². The van der Waals surface area contributed by atoms with E-state index in [9.17, 15) is 15.3 Å². The van der Waals surface area contributed by atoms with E-state index in [4.69, 9.17) is 4.74 Å². The molecule has 3 fully saturated rings. The number of hydrogen-bond acceptors (Lipinski definition) is 4. The molecule has 0 aromatic rings. The molecule has 4 heteroatoms. The Morgan fingerprint density at radius 2 is 1.65 bits per heavy atom. The molecular weight excluding hydrogens is 292 g/mol. The van der Waals surface area contributed by atoms with E-state index in [0.717, 1.165) is 38.5 Å². The summed E-state index contributed by atoms with van der Waals surface area (Å²) in [5.74, 6) is 0.691. The minimum Gasteiger partial charge on any atom is -0.396 e. The molecule has 0 unspecified atom stereocenters. The quantitative estimate of drug-likeness (QED) is 0.729. The summed E-state index contributed by atoms with van der Waals surface area (Å²) in [6.07, 6.45) is 5.15. The van der Waals surface area contributed by atoms with Crippen molar-refractivity contribution in [2.45, 2.75) is 83.5 Å². The third-order valence-electron chi connectivity index (χ3n) is 8.04. The lowest BCUT2D eigenvalue weighted by atomic mass is 9.43. The molecule has 134 valence electrons. The highest BCUT2D eigenvalue weighted by atomic mass is 16.5. The molecule has 0 bridgehead atoms. The van der Waals surface area contributed by atoms with Crippen molar-refractivity contribution in [3.8, 4) is 0 Å². The first-order valence-corrected chi connectivity index (χ1v) is 9.27. The fourth-order valence-electron chi connectivity index (χ4n) is 6.34. The van der Waals surface area contributed by atoms with Crippen molar-refractivity contribution in [3.05, 3.63) is 0 Å². The molecule has 2 aliphatic carbocycles. The number of ether oxygens (including phenoxy) is 1. The fraction of sp³-hybridized carbons (Fsp3) is 1.00. The van der Waals surface area contributed by atoms with Crippen molar-refractivity contribution in [2.24, 2.45) is 22.7 Å². The SMILES string of the molecule is C[C@H]1CC[C@@H]2[C@](C)(CO)[C@@H](O)CC[C@]2(C)[C@@]12CC[C@@](C)(CO)O2. The van der Waals surface area contributed by atoms with Crippen LogP contribution in [0.15, 0.2) is 0 Å². The largest absolute Gasteiger partial charge is 0.396 e. The number of aliphatic hydroxyl groups excluding tert-OH is 3. The highest BCUT2D eigenvalue weighted by molar-refractivity contribution is 5.17. The van der Waals surface area contributed by atoms with Gasteiger partial charge in [-0.05, 0) is 57.3 Å². The predicted octanol–water partition coefficient (Wildman–Crippen LogP) is 2.49. The van der Waals surface area contributed by atoms with Crippen LogP contribution in [0.1, 0.15) is 66.2 Å². The van der Waals surface area contributed by atoms with Crippen molar-refractivity contribution < 1.29 is 20.1 Å². The van der Waals surface area contributed by atoms with Crippen molar-refractivity contribution in [2.75, 3.05) is 13.2 Å². The normalized spacial score (nSPS) is 56.7. The van der Waals surface area contributed by atoms with Gasteiger partial charge in [0.2, 0.25) is 0 Å². The van der Waals surface area contributed by atoms with Gasteiger partial charge in [-0.25, -0.2) is 0 Å². The first-order valence-electron chi connectivity index (χ1n) is 9.27. The van der Waals surface area contributed by atoms with E-state index in [-0.39, 0.29) is 30.1 Å². The van der Waals surface area contributed by atoms with Crippen LogP contribution in [0.3, 0.4) is 0 Å². The van der Waals surface area contributed by atoms with Crippen molar-refractivity contribution in [1.29, 1.82) is 0 Å². The standard InChI is InChI=1S/C19H34O4/c1-13-5-6-14-17(3,12-21)15(22)7-8-18(14,4)19(13)10-9-16(2,11-20)23-19/h13-15,20-22H,5-12H2,1-4H3/t13-,14+,15-,16-,17-,18-,19+/m0/s1. The predicted molar refractivity (Wildman–Crippen MR) is 89.0 cm³/mol. The van der Waals surface area contributed by atoms with Gasteiger partial charge in [0.1, 0.15) is 0 Å². The second-order valence-corrected chi connectivity index (χ2v) is 9.27. The Morgan fingerprint density at radius 3 is 2.22 bits per heavy atom. The van der Waals surface area contributed by atoms with Crippen LogP contribution in [0.2, 0.25) is 0 Å². The third kappa shape index (κ3) is 2.18. The average Bonchev–Trinajstić information content (AvgIpc) is 2.90. The summed E-state index contributed by atoms with van der Waals surface area (Å²) in [6.45, 7) is 8.74. The first-order chi connectivity index (χ1) is 10.7. The summed E-state index contributed by atoms with van der Waals surface area (Å²) in [6, 6.07) is 0. The molecule has 23 heavy (non-hydrogen) atoms. The lowest BCUT2D eigenvalue weighted by Gasteiger charge is -2.65. The molecule has 1 heterocycles. The molecule has 0 amide bonds. The van der Waals surface area contributed by atoms with E-state index < -0.39 is 17.1 Å². The Bertz CT molecular complexity index is 468. The smallest absolute Gasteiger partial charge is 0.0893 e. The molecule has 1 aliphatic heterocycles. The van der Waals surface area contributed by atoms with Gasteiger partial charge >= 0.3 is 0 Å². The second-order valence-electron chi connectivity index (χ2n) is 9.27. The Balaban J connectivity index is 2.04. The van der Waals surface area contributed by atoms with Gasteiger partial charge in [0.25, 0.3) is 0 Å². The molecule has 3 N–H and O–H groups in total. The van der Waals surface area contributed by atoms with E-state index in [1.54, 1.807) is 0 Å². The zero-order chi connectivity index (χ0) is 17.1. The molecule has 7 atom stereocenters. The summed E-state index contributed by atoms with van der Waals surface area (Å²) in [5, 5.41) is 30.5. The van der Waals surface area contributed by atoms with Crippen LogP contribution in [0.5, 0.6) is 0 Å². The number of aliphatic hydroxyl groups is 3. The second kappa shape index (κ2) is 5.42. The van der Waals surface area contributed by atoms with Gasteiger partial charge < -0.3 is 20.1 Å². The summed E-state index contributed by atoms with van der Waals surface area (Å²) in [7, 11) is 0. The van der Waals surface area contributed by atoms with Crippen LogP contribution < -0.4 is 0 Å². The van der Waals surface area contributed by atoms with Crippen LogP contribution in [0.4, 0.5) is 0 Å². The molecule has 2 saturated carbocycles. The first kappa shape index (κ1) is 17.7. The molecule has 0 radical (unpaired) electrons. The highest BCUT2D eigenvalue weighted by Crippen LogP contribution is 2.67. The zero-order valence-corrected chi connectivity index (χ0v) is 15.1. The fourth-order valence-corrected chi connectivity index (χ4v) is 6.34. The van der Waals surface area contributed by atoms with Crippen molar-refractivity contribution in [1.82, 2.24) is 0 Å². The molecule has 4 nitrogen and oxygen atoms in total. The Kier molecular flexibility index (Phi) is 4.16. The van der Waals surface area contributed by atoms with Gasteiger partial charge in [0.15, 0.2) is 0 Å². The molecule has 1 spiro atoms. The topological polar surface area (TPSA) is 69.9 Å². The maximum Gasteiger partial charge on any atom is 0.0893 e. The Labute approximate surface area is 140 Å². The molecule has 0 aromatic heterocycles. The van der Waals surface area contributed by atoms with Gasteiger partial charge in [-0.15, -0.1) is 0 Å². The Hall–Kier alpha value is -0.160. The van der Waals surface area contributed by atoms with Crippen molar-refractivity contribution >= 4 is 0 Å². The van der Waals surface area contributed by atoms with Crippen molar-refractivity contribution in [3.63, 3.8) is 0 Å². The van der Waals surface area contributed by atoms with Gasteiger partial charge in [0, 0.05) is 10.8 Å². The van der Waals surface area contributed by atoms with Crippen LogP contribution in [-0.4, -0.2) is 45.8 Å². The minimum absolute atomic E-state index is 0.0240. The number of rotatable bonds is 2. The number of fused-ring (bicyclic) bond motifs is 2. The average molecular weight is 326 g/mol. The summed E-state index contributed by atoms with van der Waals surface area (Å²) in [5.41, 5.74) is -1.22. The van der Waals surface area contributed by atoms with E-state index in [1.165, 1.54) is 0 Å². The summed E-state index contributed by atoms with van der Waals surface area (Å²) in [4.78, 5) is 0. The van der Waals surface area contributed by atoms with Crippen LogP contribution >= 0.6 is 0 Å². The van der Waals surface area contributed by atoms with Crippen LogP contribution in [0.25, 0.3) is 0 Å². The lowest BCUT2D eigenvalue weighted by molar-refractivity contribution is -0.268. The van der Waals surface area contributed by atoms with Gasteiger partial charge in [-0.1, -0.05) is 20.8 Å². The third-order valence-corrected chi connectivity index (χ3v) is 8.04. The van der Waals surface area contributed by atoms with E-state index in [2.05, 4.69) is 13.8 Å².